The van der Waals surface area contributed by atoms with Crippen molar-refractivity contribution in [2.24, 2.45) is 18.4 Å². The first-order valence-electron chi connectivity index (χ1n) is 21.3. The van der Waals surface area contributed by atoms with Crippen LogP contribution < -0.4 is 20.3 Å². The number of benzene rings is 2. The maximum atomic E-state index is 15.5. The number of rotatable bonds is 5. The lowest BCUT2D eigenvalue weighted by atomic mass is 9.81. The van der Waals surface area contributed by atoms with Crippen molar-refractivity contribution in [3.8, 4) is 17.1 Å². The van der Waals surface area contributed by atoms with Gasteiger partial charge in [0.1, 0.15) is 18.2 Å². The zero-order valence-corrected chi connectivity index (χ0v) is 35.7. The van der Waals surface area contributed by atoms with Gasteiger partial charge in [-0.05, 0) is 60.7 Å². The average Bonchev–Trinajstić information content (AvgIpc) is 3.89. The molecule has 0 radical (unpaired) electrons. The number of imide groups is 1. The lowest BCUT2D eigenvalue weighted by molar-refractivity contribution is -0.139. The van der Waals surface area contributed by atoms with E-state index in [0.717, 1.165) is 16.6 Å². The van der Waals surface area contributed by atoms with Crippen LogP contribution in [0.5, 0.6) is 5.88 Å². The van der Waals surface area contributed by atoms with E-state index in [1.807, 2.05) is 47.3 Å². The van der Waals surface area contributed by atoms with E-state index in [-0.39, 0.29) is 30.2 Å². The normalized spacial score (nSPS) is 21.0. The number of amides is 4. The zero-order chi connectivity index (χ0) is 44.2. The summed E-state index contributed by atoms with van der Waals surface area (Å²) in [5.41, 5.74) is 4.47. The molecule has 5 aromatic rings. The molecule has 63 heavy (non-hydrogen) atoms. The molecule has 3 fully saturated rings. The maximum absolute atomic E-state index is 15.5. The van der Waals surface area contributed by atoms with Crippen molar-refractivity contribution in [3.63, 3.8) is 0 Å². The molecule has 3 aromatic heterocycles. The largest absolute Gasteiger partial charge is 0.475 e. The van der Waals surface area contributed by atoms with E-state index in [4.69, 9.17) is 14.5 Å². The van der Waals surface area contributed by atoms with Crippen molar-refractivity contribution in [2.75, 3.05) is 69.3 Å². The summed E-state index contributed by atoms with van der Waals surface area (Å²) in [5.74, 6) is -3.70. The van der Waals surface area contributed by atoms with Gasteiger partial charge in [-0.25, -0.2) is 18.4 Å². The highest BCUT2D eigenvalue weighted by Gasteiger charge is 2.46. The number of carbonyl (C=O) groups is 4. The average molecular weight is 865 g/mol. The highest BCUT2D eigenvalue weighted by Crippen LogP contribution is 2.41. The molecule has 16 nitrogen and oxygen atoms in total. The molecule has 0 aliphatic carbocycles. The Morgan fingerprint density at radius 2 is 1.71 bits per heavy atom. The molecule has 18 heteroatoms. The predicted octanol–water partition coefficient (Wildman–Crippen LogP) is 4.41. The fourth-order valence-electron chi connectivity index (χ4n) is 9.33. The third-order valence-electron chi connectivity index (χ3n) is 12.7. The second kappa shape index (κ2) is 16.8. The molecule has 2 bridgehead atoms. The van der Waals surface area contributed by atoms with Crippen molar-refractivity contribution < 1.29 is 37.4 Å². The summed E-state index contributed by atoms with van der Waals surface area (Å²) < 4.78 is 46.6. The van der Waals surface area contributed by atoms with Crippen molar-refractivity contribution in [1.29, 1.82) is 0 Å². The number of hydrogen-bond acceptors (Lipinski definition) is 11. The van der Waals surface area contributed by atoms with Crippen LogP contribution in [0.1, 0.15) is 59.8 Å². The van der Waals surface area contributed by atoms with Gasteiger partial charge in [-0.2, -0.15) is 5.10 Å². The van der Waals surface area contributed by atoms with Crippen LogP contribution in [-0.4, -0.2) is 117 Å². The van der Waals surface area contributed by atoms with Gasteiger partial charge in [0.25, 0.3) is 5.91 Å². The third-order valence-corrected chi connectivity index (χ3v) is 12.7. The number of carbonyl (C=O) groups excluding carboxylic acids is 4. The van der Waals surface area contributed by atoms with Crippen LogP contribution in [0.4, 0.5) is 20.4 Å². The van der Waals surface area contributed by atoms with Crippen LogP contribution in [0.25, 0.3) is 22.3 Å². The number of aryl methyl sites for hydroxylation is 2. The fraction of sp³-hybridized carbons (Fsp3) is 0.444. The molecule has 0 spiro atoms. The number of anilines is 2. The molecule has 4 aliphatic heterocycles. The van der Waals surface area contributed by atoms with E-state index in [1.165, 1.54) is 12.1 Å². The SMILES string of the molecule is Cc1cc2cc(n1)-c1cnn(C)c1OCCOCCn1c(nc3ccc(CN4CCN(C(=O)[C@H]5CN(c6cc(F)c(C7CCC(=O)NC7=O)c(F)c6)CC5(C)C)CC4)cc31)NC2=O. The standard InChI is InChI=1S/C45H50F2N10O6/c1-26-17-28-19-36(49-26)31-22-48-53(4)43(31)63-16-15-62-14-13-57-37-18-27(5-7-35(37)50-44(57)52-40(28)59)23-54-9-11-55(12-10-54)42(61)32-24-56(25-45(32,2)3)29-20-33(46)39(34(47)21-29)30-6-8-38(58)51-41(30)60/h5,7,17-22,30,32H,6,8-16,23-25H2,1-4H3,(H,50,52,59)(H,51,58,60)/t30?,32-/m1/s1. The smallest absolute Gasteiger partial charge is 0.258 e. The highest BCUT2D eigenvalue weighted by atomic mass is 19.1. The van der Waals surface area contributed by atoms with Crippen LogP contribution in [0.2, 0.25) is 0 Å². The summed E-state index contributed by atoms with van der Waals surface area (Å²) >= 11 is 0. The molecule has 1 unspecified atom stereocenters. The number of nitrogens with zero attached hydrogens (tertiary/aromatic N) is 8. The van der Waals surface area contributed by atoms with Gasteiger partial charge in [0.2, 0.25) is 29.5 Å². The first-order valence-corrected chi connectivity index (χ1v) is 21.3. The molecule has 330 valence electrons. The van der Waals surface area contributed by atoms with E-state index in [9.17, 15) is 19.2 Å². The van der Waals surface area contributed by atoms with Crippen LogP contribution in [0, 0.1) is 29.9 Å². The Morgan fingerprint density at radius 1 is 0.937 bits per heavy atom. The lowest BCUT2D eigenvalue weighted by Gasteiger charge is -2.37. The van der Waals surface area contributed by atoms with E-state index in [2.05, 4.69) is 31.7 Å². The Kier molecular flexibility index (Phi) is 11.2. The number of piperazine rings is 1. The van der Waals surface area contributed by atoms with Gasteiger partial charge in [0.05, 0.1) is 53.5 Å². The minimum atomic E-state index is -1.08. The van der Waals surface area contributed by atoms with Gasteiger partial charge < -0.3 is 23.8 Å². The second-order valence-electron chi connectivity index (χ2n) is 17.5. The number of nitrogens with one attached hydrogen (secondary N) is 2. The van der Waals surface area contributed by atoms with Gasteiger partial charge in [-0.3, -0.25) is 39.7 Å². The molecule has 9 rings (SSSR count). The summed E-state index contributed by atoms with van der Waals surface area (Å²) in [6, 6.07) is 12.0. The molecule has 7 heterocycles. The van der Waals surface area contributed by atoms with E-state index >= 15 is 8.78 Å². The van der Waals surface area contributed by atoms with Crippen molar-refractivity contribution in [2.45, 2.75) is 52.6 Å². The van der Waals surface area contributed by atoms with Crippen molar-refractivity contribution in [1.82, 2.24) is 39.4 Å². The fourth-order valence-corrected chi connectivity index (χ4v) is 9.33. The van der Waals surface area contributed by atoms with Crippen LogP contribution in [0.3, 0.4) is 0 Å². The molecule has 4 amide bonds. The van der Waals surface area contributed by atoms with Gasteiger partial charge in [-0.15, -0.1) is 0 Å². The van der Waals surface area contributed by atoms with Gasteiger partial charge in [-0.1, -0.05) is 19.9 Å². The van der Waals surface area contributed by atoms with Crippen LogP contribution in [-0.2, 0) is 39.3 Å². The van der Waals surface area contributed by atoms with Crippen LogP contribution >= 0.6 is 0 Å². The number of imidazole rings is 1. The summed E-state index contributed by atoms with van der Waals surface area (Å²) in [6.07, 6.45) is 1.72. The number of ether oxygens (including phenoxy) is 2. The molecule has 2 aromatic carbocycles. The first-order chi connectivity index (χ1) is 30.2. The predicted molar refractivity (Wildman–Crippen MR) is 228 cm³/mol. The summed E-state index contributed by atoms with van der Waals surface area (Å²) in [4.78, 5) is 67.4. The number of aromatic nitrogens is 5. The number of pyridine rings is 1. The topological polar surface area (TPSA) is 169 Å². The molecule has 4 aliphatic rings. The Balaban J connectivity index is 0.860. The summed E-state index contributed by atoms with van der Waals surface area (Å²) in [6.45, 7) is 11.0. The molecule has 0 saturated carbocycles. The van der Waals surface area contributed by atoms with Gasteiger partial charge in [0, 0.05) is 88.3 Å². The zero-order valence-electron chi connectivity index (χ0n) is 35.7. The quantitative estimate of drug-likeness (QED) is 0.240. The van der Waals surface area contributed by atoms with Gasteiger partial charge in [0.15, 0.2) is 0 Å². The molecular weight excluding hydrogens is 815 g/mol. The maximum Gasteiger partial charge on any atom is 0.258 e. The Bertz CT molecular complexity index is 2610. The summed E-state index contributed by atoms with van der Waals surface area (Å²) in [7, 11) is 1.79. The lowest BCUT2D eigenvalue weighted by Crippen LogP contribution is -2.51. The van der Waals surface area contributed by atoms with Crippen LogP contribution in [0.15, 0.2) is 48.7 Å². The molecule has 2 atom stereocenters. The molecular formula is C45H50F2N10O6. The first kappa shape index (κ1) is 42.1. The summed E-state index contributed by atoms with van der Waals surface area (Å²) in [5, 5.41) is 9.55. The number of halogens is 2. The molecule has 3 saturated heterocycles. The number of piperidine rings is 1. The highest BCUT2D eigenvalue weighted by molar-refractivity contribution is 6.05. The number of fused-ring (bicyclic) bond motifs is 7. The Hall–Kier alpha value is -6.27. The Morgan fingerprint density at radius 3 is 2.48 bits per heavy atom. The van der Waals surface area contributed by atoms with Crippen molar-refractivity contribution >= 4 is 46.3 Å². The Labute approximate surface area is 362 Å². The number of hydrogen-bond donors (Lipinski definition) is 2. The van der Waals surface area contributed by atoms with E-state index < -0.39 is 40.7 Å². The van der Waals surface area contributed by atoms with E-state index in [0.29, 0.717) is 112 Å². The third kappa shape index (κ3) is 8.36. The molecule has 2 N–H and O–H groups in total. The minimum absolute atomic E-state index is 0.0121. The van der Waals surface area contributed by atoms with E-state index in [1.54, 1.807) is 30.1 Å². The van der Waals surface area contributed by atoms with Crippen molar-refractivity contribution in [3.05, 3.63) is 82.7 Å². The minimum Gasteiger partial charge on any atom is -0.475 e. The second-order valence-corrected chi connectivity index (χ2v) is 17.5. The monoisotopic (exact) mass is 864 g/mol. The van der Waals surface area contributed by atoms with Gasteiger partial charge >= 0.3 is 0 Å².